The molecule has 29 heavy (non-hydrogen) atoms. The van der Waals surface area contributed by atoms with Gasteiger partial charge in [0.2, 0.25) is 11.8 Å². The van der Waals surface area contributed by atoms with Crippen molar-refractivity contribution in [3.8, 4) is 0 Å². The minimum Gasteiger partial charge on any atom is -0.342 e. The van der Waals surface area contributed by atoms with Crippen LogP contribution in [0.1, 0.15) is 37.2 Å². The summed E-state index contributed by atoms with van der Waals surface area (Å²) in [5.74, 6) is -0.363. The van der Waals surface area contributed by atoms with Gasteiger partial charge in [-0.05, 0) is 54.8 Å². The van der Waals surface area contributed by atoms with Crippen LogP contribution in [0.15, 0.2) is 48.5 Å². The number of hydrogen-bond acceptors (Lipinski definition) is 2. The van der Waals surface area contributed by atoms with Crippen molar-refractivity contribution in [2.75, 3.05) is 24.5 Å². The second-order valence-corrected chi connectivity index (χ2v) is 8.35. The molecule has 2 aliphatic heterocycles. The van der Waals surface area contributed by atoms with Crippen molar-refractivity contribution >= 4 is 29.1 Å². The third kappa shape index (κ3) is 4.45. The fraction of sp³-hybridized carbons (Fsp3) is 0.391. The van der Waals surface area contributed by atoms with Crippen molar-refractivity contribution in [3.05, 3.63) is 64.9 Å². The molecule has 0 radical (unpaired) electrons. The van der Waals surface area contributed by atoms with Gasteiger partial charge in [0.25, 0.3) is 0 Å². The number of likely N-dealkylation sites (tertiary alicyclic amines) is 1. The van der Waals surface area contributed by atoms with Crippen LogP contribution in [0, 0.1) is 11.7 Å². The molecule has 0 aromatic heterocycles. The molecule has 4 nitrogen and oxygen atoms in total. The lowest BCUT2D eigenvalue weighted by Gasteiger charge is -2.27. The maximum atomic E-state index is 13.3. The van der Waals surface area contributed by atoms with Gasteiger partial charge >= 0.3 is 0 Å². The average molecular weight is 415 g/mol. The van der Waals surface area contributed by atoms with Gasteiger partial charge in [0.1, 0.15) is 5.82 Å². The molecule has 0 saturated carbocycles. The Bertz CT molecular complexity index is 885. The smallest absolute Gasteiger partial charge is 0.228 e. The zero-order valence-corrected chi connectivity index (χ0v) is 16.9. The van der Waals surface area contributed by atoms with Crippen LogP contribution < -0.4 is 4.90 Å². The Hall–Kier alpha value is -2.40. The largest absolute Gasteiger partial charge is 0.342 e. The van der Waals surface area contributed by atoms with E-state index in [9.17, 15) is 14.0 Å². The highest BCUT2D eigenvalue weighted by Gasteiger charge is 2.38. The standard InChI is InChI=1S/C23H24ClFN2O2/c24-19-6-10-21(11-7-19)27-15-18(13-22(27)28)23(29)26-12-2-1-3-17(14-26)16-4-8-20(25)9-5-16/h4-11,17-18H,1-3,12-15H2. The minimum absolute atomic E-state index is 0.0319. The number of carbonyl (C=O) groups excluding carboxylic acids is 2. The number of nitrogens with zero attached hydrogens (tertiary/aromatic N) is 2. The maximum absolute atomic E-state index is 13.3. The predicted octanol–water partition coefficient (Wildman–Crippen LogP) is 4.63. The summed E-state index contributed by atoms with van der Waals surface area (Å²) in [4.78, 5) is 29.3. The number of amides is 2. The lowest BCUT2D eigenvalue weighted by Crippen LogP contribution is -2.39. The zero-order valence-electron chi connectivity index (χ0n) is 16.2. The van der Waals surface area contributed by atoms with Gasteiger partial charge in [-0.15, -0.1) is 0 Å². The van der Waals surface area contributed by atoms with E-state index in [1.165, 1.54) is 12.1 Å². The number of halogens is 2. The van der Waals surface area contributed by atoms with E-state index in [0.717, 1.165) is 30.5 Å². The molecule has 2 atom stereocenters. The highest BCUT2D eigenvalue weighted by molar-refractivity contribution is 6.30. The van der Waals surface area contributed by atoms with Gasteiger partial charge in [-0.2, -0.15) is 0 Å². The third-order valence-corrected chi connectivity index (χ3v) is 6.19. The van der Waals surface area contributed by atoms with Crippen LogP contribution in [0.3, 0.4) is 0 Å². The normalized spacial score (nSPS) is 22.6. The van der Waals surface area contributed by atoms with Gasteiger partial charge in [-0.25, -0.2) is 4.39 Å². The van der Waals surface area contributed by atoms with Crippen molar-refractivity contribution < 1.29 is 14.0 Å². The Balaban J connectivity index is 1.46. The molecule has 2 saturated heterocycles. The summed E-state index contributed by atoms with van der Waals surface area (Å²) in [5.41, 5.74) is 1.84. The summed E-state index contributed by atoms with van der Waals surface area (Å²) >= 11 is 5.94. The summed E-state index contributed by atoms with van der Waals surface area (Å²) in [6, 6.07) is 13.7. The van der Waals surface area contributed by atoms with Crippen LogP contribution in [0.4, 0.5) is 10.1 Å². The number of rotatable bonds is 3. The topological polar surface area (TPSA) is 40.6 Å². The molecule has 0 aliphatic carbocycles. The number of anilines is 1. The van der Waals surface area contributed by atoms with Crippen LogP contribution in [-0.4, -0.2) is 36.3 Å². The first-order chi connectivity index (χ1) is 14.0. The minimum atomic E-state index is -0.329. The summed E-state index contributed by atoms with van der Waals surface area (Å²) in [6.45, 7) is 1.73. The molecular formula is C23H24ClFN2O2. The van der Waals surface area contributed by atoms with Gasteiger partial charge in [-0.3, -0.25) is 9.59 Å². The highest BCUT2D eigenvalue weighted by atomic mass is 35.5. The SMILES string of the molecule is O=C(C1CC(=O)N(c2ccc(Cl)cc2)C1)N1CCCCC(c2ccc(F)cc2)C1. The lowest BCUT2D eigenvalue weighted by atomic mass is 9.94. The summed E-state index contributed by atoms with van der Waals surface area (Å²) in [6.07, 6.45) is 3.20. The summed E-state index contributed by atoms with van der Waals surface area (Å²) in [5, 5.41) is 0.615. The Morgan fingerprint density at radius 1 is 1.00 bits per heavy atom. The van der Waals surface area contributed by atoms with E-state index in [0.29, 0.717) is 24.7 Å². The fourth-order valence-electron chi connectivity index (χ4n) is 4.35. The van der Waals surface area contributed by atoms with Crippen LogP contribution in [0.5, 0.6) is 0 Å². The van der Waals surface area contributed by atoms with Crippen molar-refractivity contribution in [2.24, 2.45) is 5.92 Å². The Morgan fingerprint density at radius 3 is 2.45 bits per heavy atom. The highest BCUT2D eigenvalue weighted by Crippen LogP contribution is 2.31. The molecular weight excluding hydrogens is 391 g/mol. The van der Waals surface area contributed by atoms with E-state index < -0.39 is 0 Å². The van der Waals surface area contributed by atoms with Crippen molar-refractivity contribution in [2.45, 2.75) is 31.6 Å². The van der Waals surface area contributed by atoms with Crippen LogP contribution in [0.25, 0.3) is 0 Å². The molecule has 0 bridgehead atoms. The van der Waals surface area contributed by atoms with E-state index in [1.54, 1.807) is 17.0 Å². The van der Waals surface area contributed by atoms with E-state index >= 15 is 0 Å². The molecule has 0 spiro atoms. The second-order valence-electron chi connectivity index (χ2n) is 7.91. The molecule has 0 N–H and O–H groups in total. The van der Waals surface area contributed by atoms with Crippen molar-refractivity contribution in [1.82, 2.24) is 4.90 Å². The molecule has 2 aromatic carbocycles. The second kappa shape index (κ2) is 8.54. The molecule has 2 fully saturated rings. The lowest BCUT2D eigenvalue weighted by molar-refractivity contribution is -0.135. The monoisotopic (exact) mass is 414 g/mol. The third-order valence-electron chi connectivity index (χ3n) is 5.94. The van der Waals surface area contributed by atoms with Crippen molar-refractivity contribution in [1.29, 1.82) is 0 Å². The van der Waals surface area contributed by atoms with Gasteiger partial charge in [0.05, 0.1) is 5.92 Å². The number of benzene rings is 2. The Morgan fingerprint density at radius 2 is 1.72 bits per heavy atom. The first-order valence-electron chi connectivity index (χ1n) is 10.1. The molecule has 2 heterocycles. The van der Waals surface area contributed by atoms with Crippen LogP contribution in [-0.2, 0) is 9.59 Å². The molecule has 6 heteroatoms. The zero-order chi connectivity index (χ0) is 20.4. The van der Waals surface area contributed by atoms with E-state index in [2.05, 4.69) is 0 Å². The van der Waals surface area contributed by atoms with Gasteiger partial charge in [0.15, 0.2) is 0 Å². The van der Waals surface area contributed by atoms with Gasteiger partial charge in [-0.1, -0.05) is 30.2 Å². The quantitative estimate of drug-likeness (QED) is 0.734. The number of hydrogen-bond donors (Lipinski definition) is 0. The van der Waals surface area contributed by atoms with E-state index in [4.69, 9.17) is 11.6 Å². The molecule has 2 aromatic rings. The van der Waals surface area contributed by atoms with E-state index in [-0.39, 0.29) is 35.9 Å². The molecule has 152 valence electrons. The maximum Gasteiger partial charge on any atom is 0.228 e. The molecule has 4 rings (SSSR count). The van der Waals surface area contributed by atoms with E-state index in [1.807, 2.05) is 29.2 Å². The van der Waals surface area contributed by atoms with Crippen LogP contribution >= 0.6 is 11.6 Å². The average Bonchev–Trinajstić information content (AvgIpc) is 2.95. The van der Waals surface area contributed by atoms with Gasteiger partial charge < -0.3 is 9.80 Å². The molecule has 2 aliphatic rings. The van der Waals surface area contributed by atoms with Crippen LogP contribution in [0.2, 0.25) is 5.02 Å². The summed E-state index contributed by atoms with van der Waals surface area (Å²) < 4.78 is 13.3. The van der Waals surface area contributed by atoms with Crippen molar-refractivity contribution in [3.63, 3.8) is 0 Å². The molecule has 2 amide bonds. The van der Waals surface area contributed by atoms with Gasteiger partial charge in [0, 0.05) is 42.7 Å². The first-order valence-corrected chi connectivity index (χ1v) is 10.5. The summed E-state index contributed by atoms with van der Waals surface area (Å²) in [7, 11) is 0. The molecule has 2 unspecified atom stereocenters. The Kier molecular flexibility index (Phi) is 5.86. The number of carbonyl (C=O) groups is 2. The Labute approximate surface area is 175 Å². The fourth-order valence-corrected chi connectivity index (χ4v) is 4.48. The predicted molar refractivity (Wildman–Crippen MR) is 111 cm³/mol. The first kappa shape index (κ1) is 19.9.